The third-order valence-corrected chi connectivity index (χ3v) is 6.35. The van der Waals surface area contributed by atoms with Gasteiger partial charge in [0.25, 0.3) is 5.91 Å². The minimum atomic E-state index is -4.47. The lowest BCUT2D eigenvalue weighted by molar-refractivity contribution is -0.137. The van der Waals surface area contributed by atoms with Crippen LogP contribution in [0, 0.1) is 5.92 Å². The summed E-state index contributed by atoms with van der Waals surface area (Å²) in [7, 11) is 2.17. The number of nitrogens with zero attached hydrogens (tertiary/aromatic N) is 1. The molecule has 1 amide bonds. The van der Waals surface area contributed by atoms with E-state index in [-0.39, 0.29) is 30.4 Å². The molecule has 4 nitrogen and oxygen atoms in total. The van der Waals surface area contributed by atoms with Gasteiger partial charge in [0.2, 0.25) is 0 Å². The molecule has 1 saturated carbocycles. The van der Waals surface area contributed by atoms with E-state index in [1.54, 1.807) is 0 Å². The van der Waals surface area contributed by atoms with E-state index in [9.17, 15) is 18.0 Å². The predicted octanol–water partition coefficient (Wildman–Crippen LogP) is 5.59. The van der Waals surface area contributed by atoms with E-state index in [2.05, 4.69) is 22.6 Å². The summed E-state index contributed by atoms with van der Waals surface area (Å²) in [4.78, 5) is 14.7. The summed E-state index contributed by atoms with van der Waals surface area (Å²) in [6.45, 7) is 3.42. The number of carbonyl (C=O) groups excluding carboxylic acids is 1. The fourth-order valence-electron chi connectivity index (χ4n) is 4.23. The number of rotatable bonds is 6. The van der Waals surface area contributed by atoms with Crippen LogP contribution in [0.25, 0.3) is 0 Å². The molecule has 1 aliphatic carbocycles. The van der Waals surface area contributed by atoms with Crippen molar-refractivity contribution in [2.45, 2.75) is 37.4 Å². The molecule has 2 N–H and O–H groups in total. The maximum absolute atomic E-state index is 12.9. The van der Waals surface area contributed by atoms with E-state index >= 15 is 0 Å². The van der Waals surface area contributed by atoms with E-state index in [0.717, 1.165) is 31.0 Å². The molecule has 0 aromatic heterocycles. The van der Waals surface area contributed by atoms with Crippen LogP contribution in [0.5, 0.6) is 0 Å². The number of halogens is 5. The molecule has 2 aromatic carbocycles. The SMILES string of the molecule is CN1CCC(CN[C@@H]2C[C@H]2c2ccc(NC(=O)c3cccc(C(F)(F)F)c3)cc2)CC1.Cl.Cl. The van der Waals surface area contributed by atoms with E-state index in [1.807, 2.05) is 24.3 Å². The highest BCUT2D eigenvalue weighted by molar-refractivity contribution is 6.04. The van der Waals surface area contributed by atoms with Crippen molar-refractivity contribution in [1.29, 1.82) is 0 Å². The first-order chi connectivity index (χ1) is 14.8. The van der Waals surface area contributed by atoms with Crippen molar-refractivity contribution < 1.29 is 18.0 Å². The molecule has 2 atom stereocenters. The molecule has 0 radical (unpaired) electrons. The Kier molecular flexibility index (Phi) is 9.61. The molecule has 2 fully saturated rings. The second-order valence-corrected chi connectivity index (χ2v) is 8.76. The van der Waals surface area contributed by atoms with Crippen LogP contribution in [-0.4, -0.2) is 43.5 Å². The molecule has 182 valence electrons. The number of likely N-dealkylation sites (tertiary alicyclic amines) is 1. The van der Waals surface area contributed by atoms with Gasteiger partial charge in [0.05, 0.1) is 5.56 Å². The first-order valence-electron chi connectivity index (χ1n) is 10.8. The van der Waals surface area contributed by atoms with Gasteiger partial charge in [0, 0.05) is 23.2 Å². The first kappa shape index (κ1) is 27.4. The van der Waals surface area contributed by atoms with Crippen molar-refractivity contribution in [1.82, 2.24) is 10.2 Å². The summed E-state index contributed by atoms with van der Waals surface area (Å²) in [6.07, 6.45) is -0.856. The molecule has 2 aliphatic rings. The zero-order valence-corrected chi connectivity index (χ0v) is 20.0. The molecular weight excluding hydrogens is 474 g/mol. The van der Waals surface area contributed by atoms with Crippen molar-refractivity contribution in [3.63, 3.8) is 0 Å². The van der Waals surface area contributed by atoms with E-state index in [0.29, 0.717) is 17.6 Å². The highest BCUT2D eigenvalue weighted by Gasteiger charge is 2.38. The van der Waals surface area contributed by atoms with Crippen LogP contribution in [0.15, 0.2) is 48.5 Å². The first-order valence-corrected chi connectivity index (χ1v) is 10.8. The van der Waals surface area contributed by atoms with E-state index < -0.39 is 17.6 Å². The molecule has 0 spiro atoms. The molecule has 1 heterocycles. The molecule has 1 saturated heterocycles. The van der Waals surface area contributed by atoms with Crippen LogP contribution < -0.4 is 10.6 Å². The minimum absolute atomic E-state index is 0. The summed E-state index contributed by atoms with van der Waals surface area (Å²) < 4.78 is 38.6. The highest BCUT2D eigenvalue weighted by Crippen LogP contribution is 2.41. The molecule has 9 heteroatoms. The fourth-order valence-corrected chi connectivity index (χ4v) is 4.23. The zero-order chi connectivity index (χ0) is 22.0. The molecular formula is C24H30Cl2F3N3O. The van der Waals surface area contributed by atoms with Gasteiger partial charge in [-0.3, -0.25) is 4.79 Å². The van der Waals surface area contributed by atoms with Crippen molar-refractivity contribution in [2.75, 3.05) is 32.0 Å². The molecule has 2 aromatic rings. The number of alkyl halides is 3. The van der Waals surface area contributed by atoms with Crippen LogP contribution in [0.3, 0.4) is 0 Å². The van der Waals surface area contributed by atoms with Crippen LogP contribution in [-0.2, 0) is 6.18 Å². The van der Waals surface area contributed by atoms with Gasteiger partial charge in [-0.15, -0.1) is 24.8 Å². The second kappa shape index (κ2) is 11.6. The standard InChI is InChI=1S/C24H28F3N3O.2ClH/c1-30-11-9-16(10-12-30)15-28-22-14-21(22)17-5-7-20(8-6-17)29-23(31)18-3-2-4-19(13-18)24(25,26)27;;/h2-8,13,16,21-22,28H,9-12,14-15H2,1H3,(H,29,31);2*1H/t21-,22+;;/m0../s1. The van der Waals surface area contributed by atoms with Gasteiger partial charge in [-0.2, -0.15) is 13.2 Å². The maximum Gasteiger partial charge on any atom is 0.416 e. The molecule has 33 heavy (non-hydrogen) atoms. The van der Waals surface area contributed by atoms with Gasteiger partial charge in [-0.1, -0.05) is 18.2 Å². The third kappa shape index (κ3) is 7.34. The highest BCUT2D eigenvalue weighted by atomic mass is 35.5. The summed E-state index contributed by atoms with van der Waals surface area (Å²) in [6, 6.07) is 12.6. The van der Waals surface area contributed by atoms with Crippen molar-refractivity contribution in [3.8, 4) is 0 Å². The third-order valence-electron chi connectivity index (χ3n) is 6.35. The molecule has 0 unspecified atom stereocenters. The number of anilines is 1. The Balaban J connectivity index is 0.00000193. The van der Waals surface area contributed by atoms with Gasteiger partial charge < -0.3 is 15.5 Å². The second-order valence-electron chi connectivity index (χ2n) is 8.76. The Labute approximate surface area is 205 Å². The van der Waals surface area contributed by atoms with Gasteiger partial charge in [0.15, 0.2) is 0 Å². The smallest absolute Gasteiger partial charge is 0.322 e. The monoisotopic (exact) mass is 503 g/mol. The number of amides is 1. The largest absolute Gasteiger partial charge is 0.416 e. The molecule has 0 bridgehead atoms. The number of benzene rings is 2. The Bertz CT molecular complexity index is 916. The Morgan fingerprint density at radius 1 is 1.06 bits per heavy atom. The van der Waals surface area contributed by atoms with Crippen molar-refractivity contribution in [2.24, 2.45) is 5.92 Å². The van der Waals surface area contributed by atoms with Gasteiger partial charge >= 0.3 is 6.18 Å². The quantitative estimate of drug-likeness (QED) is 0.540. The average molecular weight is 504 g/mol. The Morgan fingerprint density at radius 3 is 2.36 bits per heavy atom. The van der Waals surface area contributed by atoms with Crippen LogP contribution in [0.2, 0.25) is 0 Å². The van der Waals surface area contributed by atoms with Gasteiger partial charge in [0.1, 0.15) is 0 Å². The lowest BCUT2D eigenvalue weighted by Crippen LogP contribution is -2.35. The van der Waals surface area contributed by atoms with E-state index in [1.165, 1.54) is 43.6 Å². The molecule has 4 rings (SSSR count). The summed E-state index contributed by atoms with van der Waals surface area (Å²) in [5.41, 5.74) is 0.947. The van der Waals surface area contributed by atoms with Crippen LogP contribution in [0.4, 0.5) is 18.9 Å². The summed E-state index contributed by atoms with van der Waals surface area (Å²) >= 11 is 0. The normalized spacial score (nSPS) is 21.0. The average Bonchev–Trinajstić information content (AvgIpc) is 3.53. The summed E-state index contributed by atoms with van der Waals surface area (Å²) in [5.74, 6) is 0.688. The van der Waals surface area contributed by atoms with Crippen LogP contribution in [0.1, 0.15) is 46.7 Å². The van der Waals surface area contributed by atoms with Crippen molar-refractivity contribution in [3.05, 3.63) is 65.2 Å². The zero-order valence-electron chi connectivity index (χ0n) is 18.4. The number of hydrogen-bond acceptors (Lipinski definition) is 3. The van der Waals surface area contributed by atoms with Crippen molar-refractivity contribution >= 4 is 36.4 Å². The minimum Gasteiger partial charge on any atom is -0.322 e. The fraction of sp³-hybridized carbons (Fsp3) is 0.458. The number of piperidine rings is 1. The van der Waals surface area contributed by atoms with Gasteiger partial charge in [-0.05, 0) is 87.8 Å². The van der Waals surface area contributed by atoms with E-state index in [4.69, 9.17) is 0 Å². The number of carbonyl (C=O) groups is 1. The summed E-state index contributed by atoms with van der Waals surface area (Å²) in [5, 5.41) is 6.38. The topological polar surface area (TPSA) is 44.4 Å². The maximum atomic E-state index is 12.9. The number of nitrogens with one attached hydrogen (secondary N) is 2. The lowest BCUT2D eigenvalue weighted by Gasteiger charge is -2.29. The Morgan fingerprint density at radius 2 is 1.73 bits per heavy atom. The Hall–Kier alpha value is -1.80. The van der Waals surface area contributed by atoms with Gasteiger partial charge in [-0.25, -0.2) is 0 Å². The number of hydrogen-bond donors (Lipinski definition) is 2. The van der Waals surface area contributed by atoms with Crippen LogP contribution >= 0.6 is 24.8 Å². The predicted molar refractivity (Wildman–Crippen MR) is 130 cm³/mol. The lowest BCUT2D eigenvalue weighted by atomic mass is 9.97. The molecule has 1 aliphatic heterocycles.